The summed E-state index contributed by atoms with van der Waals surface area (Å²) in [5.41, 5.74) is 8.90. The smallest absolute Gasteiger partial charge is 0.139 e. The summed E-state index contributed by atoms with van der Waals surface area (Å²) in [6.07, 6.45) is 7.07. The van der Waals surface area contributed by atoms with Gasteiger partial charge in [-0.25, -0.2) is 0 Å². The molecule has 0 heterocycles. The Labute approximate surface area is 156 Å². The highest BCUT2D eigenvalue weighted by Gasteiger charge is 2.29. The molecule has 2 aromatic carbocycles. The number of methoxy groups -OCH3 is 1. The zero-order valence-electron chi connectivity index (χ0n) is 15.6. The molecule has 2 aromatic rings. The molecule has 3 heteroatoms. The molecule has 3 rings (SSSR count). The van der Waals surface area contributed by atoms with Gasteiger partial charge in [-0.3, -0.25) is 4.79 Å². The van der Waals surface area contributed by atoms with Crippen LogP contribution in [0.2, 0.25) is 0 Å². The second-order valence-electron chi connectivity index (χ2n) is 7.40. The van der Waals surface area contributed by atoms with Crippen molar-refractivity contribution in [3.8, 4) is 5.75 Å². The number of nitrogens with two attached hydrogens (primary N) is 1. The molecule has 0 spiro atoms. The molecule has 0 aliphatic heterocycles. The van der Waals surface area contributed by atoms with Crippen molar-refractivity contribution in [2.45, 2.75) is 44.9 Å². The van der Waals surface area contributed by atoms with Gasteiger partial charge in [-0.15, -0.1) is 0 Å². The maximum Gasteiger partial charge on any atom is 0.139 e. The van der Waals surface area contributed by atoms with Gasteiger partial charge >= 0.3 is 0 Å². The van der Waals surface area contributed by atoms with Gasteiger partial charge in [-0.1, -0.05) is 49.6 Å². The highest BCUT2D eigenvalue weighted by Crippen LogP contribution is 2.31. The van der Waals surface area contributed by atoms with E-state index in [0.717, 1.165) is 55.5 Å². The Balaban J connectivity index is 1.75. The molecule has 0 aromatic heterocycles. The number of hydrogen-bond acceptors (Lipinski definition) is 3. The van der Waals surface area contributed by atoms with Crippen LogP contribution < -0.4 is 10.5 Å². The van der Waals surface area contributed by atoms with E-state index in [4.69, 9.17) is 10.5 Å². The number of rotatable bonds is 5. The van der Waals surface area contributed by atoms with Gasteiger partial charge in [0.2, 0.25) is 0 Å². The number of hydrogen-bond donors (Lipinski definition) is 1. The van der Waals surface area contributed by atoms with E-state index in [-0.39, 0.29) is 11.8 Å². The fourth-order valence-corrected chi connectivity index (χ4v) is 4.06. The second kappa shape index (κ2) is 8.88. The molecule has 1 saturated carbocycles. The Morgan fingerprint density at radius 1 is 0.923 bits per heavy atom. The summed E-state index contributed by atoms with van der Waals surface area (Å²) in [5.74, 6) is 1.51. The molecule has 3 nitrogen and oxygen atoms in total. The largest absolute Gasteiger partial charge is 0.496 e. The SMILES string of the molecule is COc1ccccc1CC1CCCCCC(Cc2ccc(N)cc2)C1=O. The van der Waals surface area contributed by atoms with E-state index in [0.29, 0.717) is 5.78 Å². The van der Waals surface area contributed by atoms with E-state index in [2.05, 4.69) is 18.2 Å². The van der Waals surface area contributed by atoms with Crippen molar-refractivity contribution in [1.82, 2.24) is 0 Å². The number of anilines is 1. The van der Waals surface area contributed by atoms with Gasteiger partial charge in [0.25, 0.3) is 0 Å². The number of ether oxygens (including phenoxy) is 1. The predicted molar refractivity (Wildman–Crippen MR) is 106 cm³/mol. The van der Waals surface area contributed by atoms with Gasteiger partial charge in [-0.2, -0.15) is 0 Å². The lowest BCUT2D eigenvalue weighted by Crippen LogP contribution is -2.28. The molecule has 1 aliphatic carbocycles. The molecule has 2 atom stereocenters. The molecule has 2 unspecified atom stereocenters. The van der Waals surface area contributed by atoms with Gasteiger partial charge in [0.15, 0.2) is 0 Å². The van der Waals surface area contributed by atoms with Crippen LogP contribution in [0.1, 0.15) is 43.2 Å². The molecule has 2 N–H and O–H groups in total. The average molecular weight is 351 g/mol. The van der Waals surface area contributed by atoms with Gasteiger partial charge in [0.05, 0.1) is 7.11 Å². The minimum absolute atomic E-state index is 0.0883. The van der Waals surface area contributed by atoms with E-state index in [1.807, 2.05) is 30.3 Å². The zero-order chi connectivity index (χ0) is 18.4. The van der Waals surface area contributed by atoms with Crippen molar-refractivity contribution in [2.24, 2.45) is 11.8 Å². The maximum atomic E-state index is 13.3. The fourth-order valence-electron chi connectivity index (χ4n) is 4.06. The Morgan fingerprint density at radius 2 is 1.58 bits per heavy atom. The molecular weight excluding hydrogens is 322 g/mol. The minimum Gasteiger partial charge on any atom is -0.496 e. The summed E-state index contributed by atoms with van der Waals surface area (Å²) in [5, 5.41) is 0. The number of ketones is 1. The molecule has 1 aliphatic rings. The highest BCUT2D eigenvalue weighted by molar-refractivity contribution is 5.84. The van der Waals surface area contributed by atoms with Crippen molar-refractivity contribution in [1.29, 1.82) is 0 Å². The molecule has 26 heavy (non-hydrogen) atoms. The van der Waals surface area contributed by atoms with Gasteiger partial charge in [0, 0.05) is 17.5 Å². The summed E-state index contributed by atoms with van der Waals surface area (Å²) in [4.78, 5) is 13.3. The van der Waals surface area contributed by atoms with E-state index in [1.165, 1.54) is 12.0 Å². The standard InChI is InChI=1S/C23H29NO2/c1-26-22-10-6-5-7-18(22)16-20-9-4-2-3-8-19(23(20)25)15-17-11-13-21(24)14-12-17/h5-7,10-14,19-20H,2-4,8-9,15-16,24H2,1H3. The molecule has 0 saturated heterocycles. The first-order valence-electron chi connectivity index (χ1n) is 9.67. The second-order valence-corrected chi connectivity index (χ2v) is 7.40. The number of benzene rings is 2. The number of nitrogen functional groups attached to an aromatic ring is 1. The summed E-state index contributed by atoms with van der Waals surface area (Å²) in [7, 11) is 1.70. The first-order valence-corrected chi connectivity index (χ1v) is 9.67. The van der Waals surface area contributed by atoms with Gasteiger partial charge in [0.1, 0.15) is 11.5 Å². The van der Waals surface area contributed by atoms with Crippen LogP contribution in [0.5, 0.6) is 5.75 Å². The lowest BCUT2D eigenvalue weighted by atomic mass is 9.78. The van der Waals surface area contributed by atoms with Crippen LogP contribution in [0, 0.1) is 11.8 Å². The van der Waals surface area contributed by atoms with E-state index >= 15 is 0 Å². The number of carbonyl (C=O) groups excluding carboxylic acids is 1. The molecule has 0 radical (unpaired) electrons. The number of para-hydroxylation sites is 1. The van der Waals surface area contributed by atoms with Crippen LogP contribution in [-0.4, -0.2) is 12.9 Å². The maximum absolute atomic E-state index is 13.3. The van der Waals surface area contributed by atoms with Crippen LogP contribution in [0.15, 0.2) is 48.5 Å². The van der Waals surface area contributed by atoms with Crippen LogP contribution in [0.4, 0.5) is 5.69 Å². The Morgan fingerprint density at radius 3 is 2.27 bits per heavy atom. The normalized spacial score (nSPS) is 21.0. The molecule has 0 bridgehead atoms. The summed E-state index contributed by atoms with van der Waals surface area (Å²) in [6, 6.07) is 16.0. The third kappa shape index (κ3) is 4.66. The number of Topliss-reactive ketones (excluding diaryl/α,β-unsaturated/α-hetero) is 1. The quantitative estimate of drug-likeness (QED) is 0.785. The first kappa shape index (κ1) is 18.5. The first-order chi connectivity index (χ1) is 12.7. The Kier molecular flexibility index (Phi) is 6.32. The molecule has 0 amide bonds. The minimum atomic E-state index is 0.0883. The van der Waals surface area contributed by atoms with E-state index < -0.39 is 0 Å². The molecule has 138 valence electrons. The average Bonchev–Trinajstić information content (AvgIpc) is 2.66. The van der Waals surface area contributed by atoms with Crippen LogP contribution in [0.3, 0.4) is 0 Å². The predicted octanol–water partition coefficient (Wildman–Crippen LogP) is 4.83. The third-order valence-electron chi connectivity index (χ3n) is 5.53. The summed E-state index contributed by atoms with van der Waals surface area (Å²) < 4.78 is 5.49. The lowest BCUT2D eigenvalue weighted by molar-refractivity contribution is -0.127. The molecule has 1 fully saturated rings. The van der Waals surface area contributed by atoms with Crippen molar-refractivity contribution in [3.63, 3.8) is 0 Å². The lowest BCUT2D eigenvalue weighted by Gasteiger charge is -2.26. The van der Waals surface area contributed by atoms with Crippen molar-refractivity contribution in [3.05, 3.63) is 59.7 Å². The topological polar surface area (TPSA) is 52.3 Å². The molecular formula is C23H29NO2. The third-order valence-corrected chi connectivity index (χ3v) is 5.53. The Bertz CT molecular complexity index is 723. The van der Waals surface area contributed by atoms with Crippen molar-refractivity contribution >= 4 is 11.5 Å². The van der Waals surface area contributed by atoms with Crippen LogP contribution in [-0.2, 0) is 17.6 Å². The van der Waals surface area contributed by atoms with E-state index in [9.17, 15) is 4.79 Å². The summed E-state index contributed by atoms with van der Waals surface area (Å²) in [6.45, 7) is 0. The van der Waals surface area contributed by atoms with Crippen molar-refractivity contribution in [2.75, 3.05) is 12.8 Å². The zero-order valence-corrected chi connectivity index (χ0v) is 15.6. The van der Waals surface area contributed by atoms with Crippen LogP contribution in [0.25, 0.3) is 0 Å². The van der Waals surface area contributed by atoms with E-state index in [1.54, 1.807) is 7.11 Å². The van der Waals surface area contributed by atoms with Crippen LogP contribution >= 0.6 is 0 Å². The van der Waals surface area contributed by atoms with Crippen molar-refractivity contribution < 1.29 is 9.53 Å². The Hall–Kier alpha value is -2.29. The fraction of sp³-hybridized carbons (Fsp3) is 0.435. The monoisotopic (exact) mass is 351 g/mol. The van der Waals surface area contributed by atoms with Gasteiger partial charge < -0.3 is 10.5 Å². The van der Waals surface area contributed by atoms with Gasteiger partial charge in [-0.05, 0) is 55.0 Å². The highest BCUT2D eigenvalue weighted by atomic mass is 16.5. The summed E-state index contributed by atoms with van der Waals surface area (Å²) >= 11 is 0. The number of carbonyl (C=O) groups is 1.